The lowest BCUT2D eigenvalue weighted by molar-refractivity contribution is -0.140. The molecule has 1 aromatic heterocycles. The zero-order chi connectivity index (χ0) is 21.1. The number of hydrogen-bond acceptors (Lipinski definition) is 6. The van der Waals surface area contributed by atoms with E-state index in [1.54, 1.807) is 11.3 Å². The number of carbonyl (C=O) groups is 2. The van der Waals surface area contributed by atoms with E-state index in [4.69, 9.17) is 9.47 Å². The molecule has 0 radical (unpaired) electrons. The minimum Gasteiger partial charge on any atom is -0.490 e. The highest BCUT2D eigenvalue weighted by atomic mass is 32.1. The van der Waals surface area contributed by atoms with E-state index in [1.165, 1.54) is 0 Å². The van der Waals surface area contributed by atoms with Crippen LogP contribution in [0.25, 0.3) is 0 Å². The topological polar surface area (TPSA) is 65.0 Å². The third-order valence-electron chi connectivity index (χ3n) is 5.52. The molecule has 2 aromatic rings. The smallest absolute Gasteiger partial charge is 0.336 e. The van der Waals surface area contributed by atoms with E-state index in [9.17, 15) is 9.59 Å². The van der Waals surface area contributed by atoms with Crippen LogP contribution in [-0.2, 0) is 14.3 Å². The first-order chi connectivity index (χ1) is 14.5. The Balaban J connectivity index is 1.54. The van der Waals surface area contributed by atoms with Crippen LogP contribution in [-0.4, -0.2) is 30.7 Å². The number of hydrogen-bond donors (Lipinski definition) is 0. The van der Waals surface area contributed by atoms with Crippen LogP contribution >= 0.6 is 11.3 Å². The van der Waals surface area contributed by atoms with Gasteiger partial charge >= 0.3 is 5.97 Å². The first-order valence-electron chi connectivity index (χ1n) is 10.3. The number of aliphatic imine (C=N–C) groups is 1. The maximum Gasteiger partial charge on any atom is 0.336 e. The lowest BCUT2D eigenvalue weighted by Gasteiger charge is -2.34. The van der Waals surface area contributed by atoms with Crippen molar-refractivity contribution in [1.29, 1.82) is 0 Å². The summed E-state index contributed by atoms with van der Waals surface area (Å²) in [6, 6.07) is 13.5. The average Bonchev–Trinajstić information content (AvgIpc) is 3.17. The van der Waals surface area contributed by atoms with Gasteiger partial charge in [-0.1, -0.05) is 18.2 Å². The maximum absolute atomic E-state index is 13.1. The Hall–Kier alpha value is -2.73. The molecule has 6 heteroatoms. The molecule has 156 valence electrons. The van der Waals surface area contributed by atoms with Gasteiger partial charge in [0.05, 0.1) is 11.5 Å². The molecule has 0 amide bonds. The molecule has 2 heterocycles. The number of carbonyl (C=O) groups excluding carboxylic acids is 2. The summed E-state index contributed by atoms with van der Waals surface area (Å²) in [5, 5.41) is 0. The summed E-state index contributed by atoms with van der Waals surface area (Å²) in [5.74, 6) is -0.187. The zero-order valence-electron chi connectivity index (χ0n) is 17.2. The Bertz CT molecular complexity index is 1010. The number of rotatable bonds is 6. The van der Waals surface area contributed by atoms with Crippen LogP contribution < -0.4 is 4.74 Å². The van der Waals surface area contributed by atoms with Gasteiger partial charge in [-0.2, -0.15) is 0 Å². The molecular formula is C24H25NO4S. The van der Waals surface area contributed by atoms with Crippen LogP contribution in [0, 0.1) is 12.8 Å². The van der Waals surface area contributed by atoms with Gasteiger partial charge in [-0.15, -0.1) is 11.3 Å². The van der Waals surface area contributed by atoms with Crippen molar-refractivity contribution < 1.29 is 19.1 Å². The third kappa shape index (κ3) is 4.24. The number of fused-ring (bicyclic) bond motifs is 1. The number of thiophene rings is 1. The molecule has 2 aliphatic rings. The van der Waals surface area contributed by atoms with Crippen molar-refractivity contribution in [2.24, 2.45) is 10.9 Å². The first-order valence-corrected chi connectivity index (χ1v) is 11.1. The van der Waals surface area contributed by atoms with Gasteiger partial charge < -0.3 is 9.47 Å². The predicted octanol–water partition coefficient (Wildman–Crippen LogP) is 4.86. The van der Waals surface area contributed by atoms with Crippen molar-refractivity contribution in [3.63, 3.8) is 0 Å². The van der Waals surface area contributed by atoms with E-state index in [-0.39, 0.29) is 30.8 Å². The van der Waals surface area contributed by atoms with Gasteiger partial charge in [-0.3, -0.25) is 9.79 Å². The van der Waals surface area contributed by atoms with Crippen molar-refractivity contribution in [3.8, 4) is 5.75 Å². The second kappa shape index (κ2) is 8.96. The monoisotopic (exact) mass is 423 g/mol. The SMILES string of the molecule is CC1=C(C(=O)OCCOc2ccccc2)[C@H](c2ccc(C)s2)C2C(=O)CCCC2=N1. The summed E-state index contributed by atoms with van der Waals surface area (Å²) in [4.78, 5) is 32.8. The van der Waals surface area contributed by atoms with Gasteiger partial charge in [0.1, 0.15) is 24.7 Å². The van der Waals surface area contributed by atoms with Gasteiger partial charge in [0, 0.05) is 33.5 Å². The van der Waals surface area contributed by atoms with Crippen LogP contribution in [0.4, 0.5) is 0 Å². The first kappa shape index (κ1) is 20.5. The molecule has 5 nitrogen and oxygen atoms in total. The molecule has 1 unspecified atom stereocenters. The number of ketones is 1. The molecule has 1 aromatic carbocycles. The zero-order valence-corrected chi connectivity index (χ0v) is 18.0. The number of ether oxygens (including phenoxy) is 2. The van der Waals surface area contributed by atoms with Crippen molar-refractivity contribution >= 4 is 28.8 Å². The van der Waals surface area contributed by atoms with Gasteiger partial charge in [-0.05, 0) is 51.0 Å². The minimum absolute atomic E-state index is 0.135. The molecule has 0 N–H and O–H groups in total. The molecule has 0 spiro atoms. The summed E-state index contributed by atoms with van der Waals surface area (Å²) < 4.78 is 11.2. The minimum atomic E-state index is -0.415. The summed E-state index contributed by atoms with van der Waals surface area (Å²) in [5.41, 5.74) is 2.06. The van der Waals surface area contributed by atoms with Gasteiger partial charge in [-0.25, -0.2) is 4.79 Å². The van der Waals surface area contributed by atoms with Crippen molar-refractivity contribution in [2.45, 2.75) is 39.0 Å². The standard InChI is InChI=1S/C24H25NO4S/c1-15-11-12-20(30-15)23-21(16(2)25-18-9-6-10-19(26)22(18)23)24(27)29-14-13-28-17-7-4-3-5-8-17/h3-5,7-8,11-12,22-23H,6,9-10,13-14H2,1-2H3/t22?,23-/m0/s1. The molecule has 0 saturated heterocycles. The maximum atomic E-state index is 13.1. The second-order valence-electron chi connectivity index (χ2n) is 7.62. The fourth-order valence-electron chi connectivity index (χ4n) is 4.20. The summed E-state index contributed by atoms with van der Waals surface area (Å²) >= 11 is 1.63. The van der Waals surface area contributed by atoms with Crippen LogP contribution in [0.15, 0.2) is 58.7 Å². The quantitative estimate of drug-likeness (QED) is 0.492. The van der Waals surface area contributed by atoms with Crippen LogP contribution in [0.3, 0.4) is 0 Å². The molecule has 1 fully saturated rings. The number of benzene rings is 1. The number of para-hydroxylation sites is 1. The van der Waals surface area contributed by atoms with Gasteiger partial charge in [0.2, 0.25) is 0 Å². The highest BCUT2D eigenvalue weighted by Crippen LogP contribution is 2.45. The van der Waals surface area contributed by atoms with Crippen LogP contribution in [0.1, 0.15) is 41.9 Å². The Morgan fingerprint density at radius 1 is 1.07 bits per heavy atom. The van der Waals surface area contributed by atoms with Crippen molar-refractivity contribution in [3.05, 3.63) is 63.5 Å². The highest BCUT2D eigenvalue weighted by Gasteiger charge is 2.44. The van der Waals surface area contributed by atoms with E-state index in [0.717, 1.165) is 34.1 Å². The Morgan fingerprint density at radius 3 is 2.60 bits per heavy atom. The number of aryl methyl sites for hydroxylation is 1. The Morgan fingerprint density at radius 2 is 1.87 bits per heavy atom. The van der Waals surface area contributed by atoms with E-state index in [2.05, 4.69) is 4.99 Å². The fraction of sp³-hybridized carbons (Fsp3) is 0.375. The molecule has 2 atom stereocenters. The largest absolute Gasteiger partial charge is 0.490 e. The van der Waals surface area contributed by atoms with Crippen molar-refractivity contribution in [2.75, 3.05) is 13.2 Å². The molecule has 4 rings (SSSR count). The van der Waals surface area contributed by atoms with E-state index >= 15 is 0 Å². The van der Waals surface area contributed by atoms with Gasteiger partial charge in [0.25, 0.3) is 0 Å². The Kier molecular flexibility index (Phi) is 6.13. The van der Waals surface area contributed by atoms with Crippen LogP contribution in [0.2, 0.25) is 0 Å². The lowest BCUT2D eigenvalue weighted by Crippen LogP contribution is -2.38. The molecule has 30 heavy (non-hydrogen) atoms. The number of Topliss-reactive ketones (excluding diaryl/α,β-unsaturated/α-hetero) is 1. The predicted molar refractivity (Wildman–Crippen MR) is 117 cm³/mol. The molecule has 0 bridgehead atoms. The average molecular weight is 424 g/mol. The normalized spacial score (nSPS) is 21.1. The molecular weight excluding hydrogens is 398 g/mol. The van der Waals surface area contributed by atoms with Crippen LogP contribution in [0.5, 0.6) is 5.75 Å². The number of esters is 1. The summed E-state index contributed by atoms with van der Waals surface area (Å²) in [6.45, 7) is 4.27. The fourth-order valence-corrected chi connectivity index (χ4v) is 5.23. The van der Waals surface area contributed by atoms with E-state index in [1.807, 2.05) is 56.3 Å². The number of allylic oxidation sites excluding steroid dienone is 1. The van der Waals surface area contributed by atoms with E-state index < -0.39 is 5.97 Å². The van der Waals surface area contributed by atoms with Crippen molar-refractivity contribution in [1.82, 2.24) is 0 Å². The van der Waals surface area contributed by atoms with E-state index in [0.29, 0.717) is 17.7 Å². The second-order valence-corrected chi connectivity index (χ2v) is 8.94. The third-order valence-corrected chi connectivity index (χ3v) is 6.61. The van der Waals surface area contributed by atoms with Gasteiger partial charge in [0.15, 0.2) is 0 Å². The summed E-state index contributed by atoms with van der Waals surface area (Å²) in [6.07, 6.45) is 2.17. The number of nitrogens with zero attached hydrogens (tertiary/aromatic N) is 1. The summed E-state index contributed by atoms with van der Waals surface area (Å²) in [7, 11) is 0. The molecule has 1 aliphatic heterocycles. The Labute approximate surface area is 180 Å². The highest BCUT2D eigenvalue weighted by molar-refractivity contribution is 7.12. The molecule has 1 aliphatic carbocycles. The lowest BCUT2D eigenvalue weighted by atomic mass is 9.71. The molecule has 1 saturated carbocycles.